The number of amides is 2. The first-order chi connectivity index (χ1) is 14.4. The fourth-order valence-corrected chi connectivity index (χ4v) is 5.13. The van der Waals surface area contributed by atoms with Crippen LogP contribution in [0.1, 0.15) is 39.5 Å². The van der Waals surface area contributed by atoms with Crippen LogP contribution in [-0.2, 0) is 9.59 Å². The lowest BCUT2D eigenvalue weighted by molar-refractivity contribution is -0.135. The van der Waals surface area contributed by atoms with Gasteiger partial charge in [-0.05, 0) is 38.5 Å². The minimum Gasteiger partial charge on any atom is -0.353 e. The van der Waals surface area contributed by atoms with Crippen molar-refractivity contribution in [1.82, 2.24) is 19.8 Å². The second-order valence-corrected chi connectivity index (χ2v) is 10.1. The van der Waals surface area contributed by atoms with Crippen LogP contribution >= 0.6 is 23.4 Å². The van der Waals surface area contributed by atoms with E-state index in [-0.39, 0.29) is 17.9 Å². The Morgan fingerprint density at radius 2 is 1.83 bits per heavy atom. The first-order valence-electron chi connectivity index (χ1n) is 10.9. The Balaban J connectivity index is 1.35. The standard InChI is InChI=1S/C21H30ClN5O2S/c1-14-5-7-25(8-6-14)19(28)13-30-21-23-17(22)11-18(24-21)26-9-10-27(15(2)12-26)20(29)16-3-4-16/h11,14-16H,3-10,12-13H2,1-2H3. The van der Waals surface area contributed by atoms with Crippen molar-refractivity contribution in [2.45, 2.75) is 50.7 Å². The van der Waals surface area contributed by atoms with E-state index in [1.807, 2.05) is 9.80 Å². The molecule has 3 fully saturated rings. The molecule has 0 aromatic carbocycles. The Kier molecular flexibility index (Phi) is 6.72. The molecule has 1 aromatic heterocycles. The largest absolute Gasteiger partial charge is 0.353 e. The summed E-state index contributed by atoms with van der Waals surface area (Å²) < 4.78 is 0. The van der Waals surface area contributed by atoms with E-state index in [1.165, 1.54) is 11.8 Å². The van der Waals surface area contributed by atoms with Gasteiger partial charge in [-0.15, -0.1) is 0 Å². The number of rotatable bonds is 5. The van der Waals surface area contributed by atoms with Gasteiger partial charge in [0.25, 0.3) is 0 Å². The lowest BCUT2D eigenvalue weighted by Crippen LogP contribution is -2.54. The number of likely N-dealkylation sites (tertiary alicyclic amines) is 1. The molecule has 1 aromatic rings. The van der Waals surface area contributed by atoms with Gasteiger partial charge in [0.1, 0.15) is 11.0 Å². The van der Waals surface area contributed by atoms with E-state index in [0.717, 1.165) is 57.7 Å². The smallest absolute Gasteiger partial charge is 0.233 e. The van der Waals surface area contributed by atoms with Gasteiger partial charge in [-0.25, -0.2) is 9.97 Å². The summed E-state index contributed by atoms with van der Waals surface area (Å²) in [6.07, 6.45) is 4.20. The number of nitrogens with zero attached hydrogens (tertiary/aromatic N) is 5. The molecule has 164 valence electrons. The zero-order valence-electron chi connectivity index (χ0n) is 17.7. The van der Waals surface area contributed by atoms with Crippen LogP contribution in [0.4, 0.5) is 5.82 Å². The highest BCUT2D eigenvalue weighted by Gasteiger charge is 2.37. The second-order valence-electron chi connectivity index (χ2n) is 8.78. The van der Waals surface area contributed by atoms with Crippen LogP contribution in [0, 0.1) is 11.8 Å². The number of hydrogen-bond donors (Lipinski definition) is 0. The van der Waals surface area contributed by atoms with Gasteiger partial charge in [-0.1, -0.05) is 30.3 Å². The second kappa shape index (κ2) is 9.30. The van der Waals surface area contributed by atoms with Gasteiger partial charge < -0.3 is 14.7 Å². The summed E-state index contributed by atoms with van der Waals surface area (Å²) in [4.78, 5) is 40.0. The maximum atomic E-state index is 12.5. The van der Waals surface area contributed by atoms with Gasteiger partial charge in [-0.3, -0.25) is 9.59 Å². The topological polar surface area (TPSA) is 69.6 Å². The van der Waals surface area contributed by atoms with Crippen LogP contribution < -0.4 is 4.90 Å². The van der Waals surface area contributed by atoms with E-state index in [9.17, 15) is 9.59 Å². The number of aromatic nitrogens is 2. The Labute approximate surface area is 187 Å². The maximum absolute atomic E-state index is 12.5. The molecule has 7 nitrogen and oxygen atoms in total. The monoisotopic (exact) mass is 451 g/mol. The molecule has 30 heavy (non-hydrogen) atoms. The van der Waals surface area contributed by atoms with E-state index in [2.05, 4.69) is 28.7 Å². The molecule has 3 heterocycles. The van der Waals surface area contributed by atoms with E-state index >= 15 is 0 Å². The molecule has 0 spiro atoms. The number of anilines is 1. The summed E-state index contributed by atoms with van der Waals surface area (Å²) in [7, 11) is 0. The molecule has 2 amide bonds. The predicted molar refractivity (Wildman–Crippen MR) is 119 cm³/mol. The quantitative estimate of drug-likeness (QED) is 0.389. The lowest BCUT2D eigenvalue weighted by Gasteiger charge is -2.40. The summed E-state index contributed by atoms with van der Waals surface area (Å²) in [6, 6.07) is 1.91. The summed E-state index contributed by atoms with van der Waals surface area (Å²) in [5.41, 5.74) is 0. The Morgan fingerprint density at radius 3 is 2.50 bits per heavy atom. The van der Waals surface area contributed by atoms with E-state index in [4.69, 9.17) is 11.6 Å². The number of hydrogen-bond acceptors (Lipinski definition) is 6. The van der Waals surface area contributed by atoms with Gasteiger partial charge in [0.05, 0.1) is 5.75 Å². The maximum Gasteiger partial charge on any atom is 0.233 e. The van der Waals surface area contributed by atoms with Crippen molar-refractivity contribution in [3.63, 3.8) is 0 Å². The zero-order valence-corrected chi connectivity index (χ0v) is 19.3. The predicted octanol–water partition coefficient (Wildman–Crippen LogP) is 2.93. The van der Waals surface area contributed by atoms with Crippen molar-refractivity contribution in [1.29, 1.82) is 0 Å². The third-order valence-electron chi connectivity index (χ3n) is 6.28. The van der Waals surface area contributed by atoms with Gasteiger partial charge in [-0.2, -0.15) is 0 Å². The molecule has 2 saturated heterocycles. The van der Waals surface area contributed by atoms with E-state index < -0.39 is 0 Å². The average molecular weight is 452 g/mol. The van der Waals surface area contributed by atoms with E-state index in [0.29, 0.717) is 34.4 Å². The minimum absolute atomic E-state index is 0.137. The van der Waals surface area contributed by atoms with Crippen molar-refractivity contribution in [2.75, 3.05) is 43.4 Å². The summed E-state index contributed by atoms with van der Waals surface area (Å²) in [5, 5.41) is 0.909. The molecule has 0 radical (unpaired) electrons. The van der Waals surface area contributed by atoms with Crippen LogP contribution in [0.15, 0.2) is 11.2 Å². The van der Waals surface area contributed by atoms with E-state index in [1.54, 1.807) is 6.07 Å². The molecule has 0 bridgehead atoms. The molecule has 0 N–H and O–H groups in total. The molecule has 2 aliphatic heterocycles. The fraction of sp³-hybridized carbons (Fsp3) is 0.714. The van der Waals surface area contributed by atoms with Crippen molar-refractivity contribution < 1.29 is 9.59 Å². The van der Waals surface area contributed by atoms with Gasteiger partial charge in [0.2, 0.25) is 11.8 Å². The van der Waals surface area contributed by atoms with Crippen molar-refractivity contribution in [2.24, 2.45) is 11.8 Å². The SMILES string of the molecule is CC1CCN(C(=O)CSc2nc(Cl)cc(N3CCN(C(=O)C4CC4)C(C)C3)n2)CC1. The number of halogens is 1. The van der Waals surface area contributed by atoms with Crippen LogP contribution in [0.3, 0.4) is 0 Å². The van der Waals surface area contributed by atoms with Crippen LogP contribution in [0.2, 0.25) is 5.15 Å². The molecule has 4 rings (SSSR count). The lowest BCUT2D eigenvalue weighted by atomic mass is 9.99. The summed E-state index contributed by atoms with van der Waals surface area (Å²) in [6.45, 7) is 8.15. The highest BCUT2D eigenvalue weighted by molar-refractivity contribution is 7.99. The third-order valence-corrected chi connectivity index (χ3v) is 7.31. The molecular formula is C21H30ClN5O2S. The summed E-state index contributed by atoms with van der Waals surface area (Å²) in [5.74, 6) is 2.47. The van der Waals surface area contributed by atoms with Gasteiger partial charge >= 0.3 is 0 Å². The van der Waals surface area contributed by atoms with Crippen LogP contribution in [-0.4, -0.2) is 76.1 Å². The summed E-state index contributed by atoms with van der Waals surface area (Å²) >= 11 is 7.61. The van der Waals surface area contributed by atoms with Gasteiger partial charge in [0, 0.05) is 50.7 Å². The minimum atomic E-state index is 0.137. The Bertz CT molecular complexity index is 798. The highest BCUT2D eigenvalue weighted by Crippen LogP contribution is 2.33. The molecule has 1 aliphatic carbocycles. The third kappa shape index (κ3) is 5.19. The first-order valence-corrected chi connectivity index (χ1v) is 12.3. The first kappa shape index (κ1) is 21.7. The van der Waals surface area contributed by atoms with Crippen molar-refractivity contribution >= 4 is 41.0 Å². The number of thioether (sulfide) groups is 1. The van der Waals surface area contributed by atoms with Crippen LogP contribution in [0.25, 0.3) is 0 Å². The number of carbonyl (C=O) groups is 2. The Morgan fingerprint density at radius 1 is 1.10 bits per heavy atom. The molecule has 1 atom stereocenters. The number of piperazine rings is 1. The molecule has 9 heteroatoms. The molecule has 1 unspecified atom stereocenters. The molecule has 1 saturated carbocycles. The highest BCUT2D eigenvalue weighted by atomic mass is 35.5. The average Bonchev–Trinajstić information content (AvgIpc) is 3.57. The number of carbonyl (C=O) groups excluding carboxylic acids is 2. The molecule has 3 aliphatic rings. The van der Waals surface area contributed by atoms with Crippen molar-refractivity contribution in [3.8, 4) is 0 Å². The number of piperidine rings is 1. The van der Waals surface area contributed by atoms with Gasteiger partial charge in [0.15, 0.2) is 5.16 Å². The van der Waals surface area contributed by atoms with Crippen LogP contribution in [0.5, 0.6) is 0 Å². The fourth-order valence-electron chi connectivity index (χ4n) is 4.15. The normalized spacial score (nSPS) is 23.0. The molecular weight excluding hydrogens is 422 g/mol. The Hall–Kier alpha value is -1.54. The van der Waals surface area contributed by atoms with Crippen molar-refractivity contribution in [3.05, 3.63) is 11.2 Å². The zero-order chi connectivity index (χ0) is 21.3.